The van der Waals surface area contributed by atoms with Gasteiger partial charge in [-0.15, -0.1) is 0 Å². The zero-order valence-electron chi connectivity index (χ0n) is 9.69. The average Bonchev–Trinajstić information content (AvgIpc) is 2.22. The van der Waals surface area contributed by atoms with Gasteiger partial charge in [0.15, 0.2) is 0 Å². The summed E-state index contributed by atoms with van der Waals surface area (Å²) in [4.78, 5) is 0.848. The van der Waals surface area contributed by atoms with E-state index < -0.39 is 0 Å². The summed E-state index contributed by atoms with van der Waals surface area (Å²) in [6.45, 7) is 0. The first-order chi connectivity index (χ1) is 6.39. The Bertz CT molecular complexity index is 98.7. The third kappa shape index (κ3) is 12.0. The molecule has 0 heterocycles. The summed E-state index contributed by atoms with van der Waals surface area (Å²) in [6, 6.07) is 0. The van der Waals surface area contributed by atoms with Crippen LogP contribution in [0.5, 0.6) is 0 Å². The van der Waals surface area contributed by atoms with Gasteiger partial charge in [0.05, 0.1) is 0 Å². The fraction of sp³-hybridized carbons (Fsp3) is 0.917. The second-order valence-electron chi connectivity index (χ2n) is 4.16. The van der Waals surface area contributed by atoms with E-state index in [9.17, 15) is 0 Å². The Kier molecular flexibility index (Phi) is 17.5. The maximum absolute atomic E-state index is 3.59. The zero-order chi connectivity index (χ0) is 9.36. The van der Waals surface area contributed by atoms with Crippen molar-refractivity contribution >= 4 is 39.0 Å². The standard InChI is InChI=1S/C6H11Br.C6H11.BrH.Mg/c7-6-4-2-1-3-5-6;1-2-4-6-5-3-1;;/h6H,1-5H2;1H,2-6H2;1H;/q;-1;;+2/p-1. The average molecular weight is 350 g/mol. The first-order valence-corrected chi connectivity index (χ1v) is 6.77. The molecule has 2 fully saturated rings. The van der Waals surface area contributed by atoms with Gasteiger partial charge in [-0.05, 0) is 12.8 Å². The number of hydrogen-bond donors (Lipinski definition) is 0. The van der Waals surface area contributed by atoms with Crippen LogP contribution < -0.4 is 17.0 Å². The molecule has 0 N–H and O–H groups in total. The topological polar surface area (TPSA) is 0 Å². The van der Waals surface area contributed by atoms with Crippen molar-refractivity contribution in [3.8, 4) is 0 Å². The predicted molar refractivity (Wildman–Crippen MR) is 68.9 cm³/mol. The van der Waals surface area contributed by atoms with Crippen molar-refractivity contribution in [3.05, 3.63) is 6.42 Å². The van der Waals surface area contributed by atoms with Crippen molar-refractivity contribution < 1.29 is 17.0 Å². The summed E-state index contributed by atoms with van der Waals surface area (Å²) in [5.41, 5.74) is 0. The van der Waals surface area contributed by atoms with Crippen LogP contribution in [0.25, 0.3) is 0 Å². The minimum absolute atomic E-state index is 0. The Balaban J connectivity index is 0. The van der Waals surface area contributed by atoms with Gasteiger partial charge in [-0.3, -0.25) is 0 Å². The molecule has 2 rings (SSSR count). The molecule has 0 amide bonds. The first-order valence-electron chi connectivity index (χ1n) is 5.85. The third-order valence-corrected chi connectivity index (χ3v) is 3.77. The molecule has 3 heteroatoms. The summed E-state index contributed by atoms with van der Waals surface area (Å²) < 4.78 is 0. The molecule has 0 aromatic rings. The molecular weight excluding hydrogens is 328 g/mol. The molecular formula is C12H22Br2Mg. The maximum Gasteiger partial charge on any atom is 2.00 e. The van der Waals surface area contributed by atoms with Crippen molar-refractivity contribution in [2.45, 2.75) is 69.0 Å². The fourth-order valence-corrected chi connectivity index (χ4v) is 2.60. The monoisotopic (exact) mass is 348 g/mol. The van der Waals surface area contributed by atoms with Gasteiger partial charge in [0.25, 0.3) is 0 Å². The Morgan fingerprint density at radius 3 is 1.47 bits per heavy atom. The molecule has 0 aliphatic heterocycles. The van der Waals surface area contributed by atoms with E-state index >= 15 is 0 Å². The van der Waals surface area contributed by atoms with Crippen molar-refractivity contribution in [1.29, 1.82) is 0 Å². The minimum atomic E-state index is 0. The molecule has 0 atom stereocenters. The summed E-state index contributed by atoms with van der Waals surface area (Å²) >= 11 is 3.59. The van der Waals surface area contributed by atoms with Crippen LogP contribution in [-0.4, -0.2) is 27.9 Å². The summed E-state index contributed by atoms with van der Waals surface area (Å²) in [6.07, 6.45) is 16.6. The smallest absolute Gasteiger partial charge is 1.00 e. The Hall–Kier alpha value is 1.73. The van der Waals surface area contributed by atoms with Gasteiger partial charge in [-0.2, -0.15) is 12.8 Å². The van der Waals surface area contributed by atoms with E-state index in [-0.39, 0.29) is 40.0 Å². The third-order valence-electron chi connectivity index (χ3n) is 2.85. The molecule has 0 unspecified atom stereocenters. The van der Waals surface area contributed by atoms with Crippen LogP contribution in [0.15, 0.2) is 0 Å². The van der Waals surface area contributed by atoms with Crippen molar-refractivity contribution in [2.24, 2.45) is 0 Å². The Morgan fingerprint density at radius 1 is 0.800 bits per heavy atom. The normalized spacial score (nSPS) is 21.4. The van der Waals surface area contributed by atoms with E-state index in [2.05, 4.69) is 22.4 Å². The second kappa shape index (κ2) is 13.8. The van der Waals surface area contributed by atoms with E-state index in [0.717, 1.165) is 4.83 Å². The molecule has 2 aliphatic carbocycles. The van der Waals surface area contributed by atoms with Gasteiger partial charge >= 0.3 is 23.1 Å². The zero-order valence-corrected chi connectivity index (χ0v) is 14.3. The van der Waals surface area contributed by atoms with Gasteiger partial charge in [0, 0.05) is 4.83 Å². The largest absolute Gasteiger partial charge is 2.00 e. The number of rotatable bonds is 0. The second-order valence-corrected chi connectivity index (χ2v) is 5.46. The predicted octanol–water partition coefficient (Wildman–Crippen LogP) is 1.49. The van der Waals surface area contributed by atoms with Crippen LogP contribution in [0.1, 0.15) is 64.2 Å². The van der Waals surface area contributed by atoms with Crippen LogP contribution in [0.2, 0.25) is 0 Å². The molecule has 0 saturated heterocycles. The van der Waals surface area contributed by atoms with Crippen LogP contribution in [0.4, 0.5) is 0 Å². The molecule has 2 aliphatic rings. The Labute approximate surface area is 130 Å². The fourth-order valence-electron chi connectivity index (χ4n) is 1.95. The molecule has 0 nitrogen and oxygen atoms in total. The van der Waals surface area contributed by atoms with Crippen LogP contribution in [0, 0.1) is 6.42 Å². The van der Waals surface area contributed by atoms with Crippen LogP contribution >= 0.6 is 15.9 Å². The molecule has 0 radical (unpaired) electrons. The Morgan fingerprint density at radius 2 is 1.27 bits per heavy atom. The van der Waals surface area contributed by atoms with Gasteiger partial charge in [-0.1, -0.05) is 54.5 Å². The molecule has 86 valence electrons. The van der Waals surface area contributed by atoms with E-state index in [0.29, 0.717) is 0 Å². The van der Waals surface area contributed by atoms with Gasteiger partial charge in [0.2, 0.25) is 0 Å². The number of alkyl halides is 1. The van der Waals surface area contributed by atoms with E-state index in [1.807, 2.05) is 0 Å². The number of halogens is 2. The summed E-state index contributed by atoms with van der Waals surface area (Å²) in [5.74, 6) is 0. The summed E-state index contributed by atoms with van der Waals surface area (Å²) in [5, 5.41) is 0. The minimum Gasteiger partial charge on any atom is -1.00 e. The quantitative estimate of drug-likeness (QED) is 0.353. The molecule has 0 bridgehead atoms. The molecule has 0 aromatic carbocycles. The van der Waals surface area contributed by atoms with Crippen LogP contribution in [-0.2, 0) is 0 Å². The SMILES string of the molecule is BrC1CCCCC1.[Br-].[CH-]1CCCCC1.[Mg+2]. The molecule has 0 aromatic heterocycles. The van der Waals surface area contributed by atoms with Gasteiger partial charge in [0.1, 0.15) is 0 Å². The van der Waals surface area contributed by atoms with E-state index in [4.69, 9.17) is 0 Å². The van der Waals surface area contributed by atoms with Crippen molar-refractivity contribution in [2.75, 3.05) is 0 Å². The maximum atomic E-state index is 3.59. The number of hydrogen-bond acceptors (Lipinski definition) is 0. The van der Waals surface area contributed by atoms with E-state index in [1.54, 1.807) is 0 Å². The van der Waals surface area contributed by atoms with E-state index in [1.165, 1.54) is 64.2 Å². The van der Waals surface area contributed by atoms with Crippen molar-refractivity contribution in [3.63, 3.8) is 0 Å². The first kappa shape index (κ1) is 19.1. The van der Waals surface area contributed by atoms with Crippen LogP contribution in [0.3, 0.4) is 0 Å². The van der Waals surface area contributed by atoms with Gasteiger partial charge < -0.3 is 23.4 Å². The summed E-state index contributed by atoms with van der Waals surface area (Å²) in [7, 11) is 0. The molecule has 15 heavy (non-hydrogen) atoms. The molecule has 0 spiro atoms. The molecule has 2 saturated carbocycles. The van der Waals surface area contributed by atoms with Gasteiger partial charge in [-0.25, -0.2) is 0 Å². The van der Waals surface area contributed by atoms with Crippen molar-refractivity contribution in [1.82, 2.24) is 0 Å².